The summed E-state index contributed by atoms with van der Waals surface area (Å²) in [7, 11) is -21.5. The molecule has 4 N–H and O–H groups in total. The topological polar surface area (TPSA) is 379 Å². The molecule has 0 fully saturated rings. The minimum absolute atomic E-state index is 0. The number of fused-ring (bicyclic) bond motifs is 1. The van der Waals surface area contributed by atoms with Gasteiger partial charge in [-0.1, -0.05) is 28.7 Å². The van der Waals surface area contributed by atoms with Crippen LogP contribution in [-0.2, 0) is 68.1 Å². The van der Waals surface area contributed by atoms with Gasteiger partial charge in [-0.25, -0.2) is 33.7 Å². The molecule has 0 saturated carbocycles. The molecule has 59 heavy (non-hydrogen) atoms. The number of benzene rings is 4. The van der Waals surface area contributed by atoms with E-state index >= 15 is 0 Å². The van der Waals surface area contributed by atoms with E-state index < -0.39 is 79.1 Å². The van der Waals surface area contributed by atoms with Gasteiger partial charge in [0.25, 0.3) is 0 Å². The van der Waals surface area contributed by atoms with Crippen molar-refractivity contribution in [2.75, 3.05) is 16.9 Å². The maximum absolute atomic E-state index is 12.2. The zero-order valence-electron chi connectivity index (χ0n) is 31.4. The van der Waals surface area contributed by atoms with Gasteiger partial charge in [-0.15, -0.1) is 17.7 Å². The van der Waals surface area contributed by atoms with Crippen LogP contribution in [0.5, 0.6) is 11.5 Å². The van der Waals surface area contributed by atoms with E-state index in [1.54, 1.807) is 6.92 Å². The number of nitrogens with one attached hydrogen (secondary N) is 1. The summed E-state index contributed by atoms with van der Waals surface area (Å²) in [4.78, 5) is -0.786. The van der Waals surface area contributed by atoms with Crippen LogP contribution in [0.25, 0.3) is 10.8 Å². The molecule has 0 aliphatic heterocycles. The average Bonchev–Trinajstić information content (AvgIpc) is 3.02. The first-order chi connectivity index (χ1) is 24.6. The monoisotopic (exact) mass is 1000 g/mol. The molecule has 4 aromatic rings. The summed E-state index contributed by atoms with van der Waals surface area (Å²) in [6, 6.07) is 12.6. The summed E-state index contributed by atoms with van der Waals surface area (Å²) in [6.45, 7) is 6.43. The molecule has 0 saturated heterocycles. The third kappa shape index (κ3) is 22.1. The van der Waals surface area contributed by atoms with Gasteiger partial charge in [0.15, 0.2) is 9.84 Å². The van der Waals surface area contributed by atoms with Gasteiger partial charge in [-0.2, -0.15) is 27.5 Å². The molecule has 0 spiro atoms. The number of rotatable bonds is 10. The maximum Gasteiger partial charge on any atom is 1.00 e. The molecule has 305 valence electrons. The van der Waals surface area contributed by atoms with Crippen molar-refractivity contribution in [2.24, 2.45) is 20.5 Å². The Morgan fingerprint density at radius 3 is 1.78 bits per heavy atom. The first-order valence-corrected chi connectivity index (χ1v) is 20.7. The number of nitrogens with zero attached hydrogens (tertiary/aromatic N) is 4. The number of hydrogen-bond acceptors (Lipinski definition) is 21. The summed E-state index contributed by atoms with van der Waals surface area (Å²) in [5.74, 6) is -2.48. The SMILES string of the molecule is O=S(=O)([O-])O.O=S(=O)=O.[CH2-]CS(=O)(=O)c1cc(O)c(N=Nc2[c-]cc3c(N=Nc4ccc(C)cc4S(=O)(=O)[O-])c(NCS(=O)(=O)[O-])ccc3c2O)cc1C.[Cu].[Na+].[Na+].[Na+].[Na+]. The molecule has 0 aliphatic carbocycles. The van der Waals surface area contributed by atoms with Crippen molar-refractivity contribution in [2.45, 2.75) is 23.6 Å². The van der Waals surface area contributed by atoms with Crippen molar-refractivity contribution in [1.29, 1.82) is 0 Å². The quantitative estimate of drug-likeness (QED) is 0.0377. The van der Waals surface area contributed by atoms with Gasteiger partial charge >= 0.3 is 129 Å². The smallest absolute Gasteiger partial charge is 0.747 e. The minimum atomic E-state index is -4.96. The van der Waals surface area contributed by atoms with Crippen molar-refractivity contribution in [3.8, 4) is 11.5 Å². The Morgan fingerprint density at radius 2 is 1.29 bits per heavy atom. The van der Waals surface area contributed by atoms with Crippen LogP contribution in [0.3, 0.4) is 0 Å². The Labute approximate surface area is 439 Å². The standard InChI is InChI=1S/C27H25N5O10S3.Cu.4Na.H2O4S.O3S/c1-4-43(35,36)24-13-23(33)22(12-16(24)3)31-30-21-10-6-17-18(27(21)34)7-9-20(28-14-44(37,38)39)26(17)32-29-19-8-5-15(2)11-25(19)45(40,41)42;;;;;;1-5(2,3)4;1-4(2)3/h5-9,11-13,28,33-34H,1,4,14H2,2-3H3,(H,37,38,39)(H,40,41,42);;;;;;(H2,1,2,3,4);/q-2;;4*+1;;/p-3. The van der Waals surface area contributed by atoms with Crippen molar-refractivity contribution in [3.63, 3.8) is 0 Å². The third-order valence-electron chi connectivity index (χ3n) is 6.27. The average molecular weight is 1010 g/mol. The van der Waals surface area contributed by atoms with E-state index in [1.165, 1.54) is 43.3 Å². The number of phenolic OH excluding ortho intramolecular Hbond substituents is 2. The molecule has 0 atom stereocenters. The number of hydrogen-bond donors (Lipinski definition) is 4. The number of aromatic hydroxyl groups is 2. The number of azo groups is 2. The van der Waals surface area contributed by atoms with E-state index in [0.717, 1.165) is 12.1 Å². The van der Waals surface area contributed by atoms with Gasteiger partial charge in [0.2, 0.25) is 10.4 Å². The maximum atomic E-state index is 12.2. The van der Waals surface area contributed by atoms with Crippen LogP contribution in [0.1, 0.15) is 11.1 Å². The number of anilines is 1. The fourth-order valence-electron chi connectivity index (χ4n) is 4.09. The molecule has 22 nitrogen and oxygen atoms in total. The summed E-state index contributed by atoms with van der Waals surface area (Å²) < 4.78 is 152. The van der Waals surface area contributed by atoms with E-state index in [0.29, 0.717) is 5.56 Å². The molecular weight excluding hydrogens is 982 g/mol. The number of sulfone groups is 1. The van der Waals surface area contributed by atoms with E-state index in [2.05, 4.69) is 38.8 Å². The van der Waals surface area contributed by atoms with Crippen LogP contribution < -0.4 is 124 Å². The molecule has 0 aromatic heterocycles. The van der Waals surface area contributed by atoms with E-state index in [9.17, 15) is 44.6 Å². The largest absolute Gasteiger partial charge is 1.00 e. The molecule has 0 bridgehead atoms. The Morgan fingerprint density at radius 1 is 0.763 bits per heavy atom. The van der Waals surface area contributed by atoms with Gasteiger partial charge < -0.3 is 36.1 Å². The second-order valence-electron chi connectivity index (χ2n) is 10.2. The molecule has 4 rings (SSSR count). The van der Waals surface area contributed by atoms with E-state index in [4.69, 9.17) is 30.1 Å². The zero-order chi connectivity index (χ0) is 41.4. The summed E-state index contributed by atoms with van der Waals surface area (Å²) in [5, 5.41) is 39.6. The first-order valence-electron chi connectivity index (χ1n) is 13.7. The van der Waals surface area contributed by atoms with Gasteiger partial charge in [0, 0.05) is 34.6 Å². The molecule has 1 radical (unpaired) electrons. The van der Waals surface area contributed by atoms with Crippen LogP contribution in [-0.4, -0.2) is 86.4 Å². The Hall–Kier alpha value is -0.481. The Bertz CT molecular complexity index is 2720. The van der Waals surface area contributed by atoms with Crippen molar-refractivity contribution in [3.05, 3.63) is 72.6 Å². The third-order valence-corrected chi connectivity index (χ3v) is 9.28. The molecule has 0 aliphatic rings. The first kappa shape index (κ1) is 65.1. The Balaban J connectivity index is -0.000000978. The van der Waals surface area contributed by atoms with Crippen molar-refractivity contribution in [1.82, 2.24) is 0 Å². The second-order valence-corrected chi connectivity index (χ2v) is 16.3. The van der Waals surface area contributed by atoms with Crippen LogP contribution in [0.4, 0.5) is 28.4 Å². The molecular formula is C27H24CuN5Na4O17S5-. The molecule has 32 heteroatoms. The molecule has 0 heterocycles. The van der Waals surface area contributed by atoms with Gasteiger partial charge in [-0.3, -0.25) is 4.55 Å². The molecule has 0 unspecified atom stereocenters. The minimum Gasteiger partial charge on any atom is -0.747 e. The summed E-state index contributed by atoms with van der Waals surface area (Å²) in [6.07, 6.45) is 0. The normalized spacial score (nSPS) is 11.2. The zero-order valence-corrected chi connectivity index (χ0v) is 44.5. The van der Waals surface area contributed by atoms with Crippen LogP contribution in [0.15, 0.2) is 78.8 Å². The predicted molar refractivity (Wildman–Crippen MR) is 182 cm³/mol. The van der Waals surface area contributed by atoms with E-state index in [1.807, 2.05) is 0 Å². The van der Waals surface area contributed by atoms with Gasteiger partial charge in [-0.05, 0) is 49.2 Å². The van der Waals surface area contributed by atoms with Crippen LogP contribution >= 0.6 is 0 Å². The second kappa shape index (κ2) is 27.6. The fraction of sp³-hybridized carbons (Fsp3) is 0.148. The molecule has 4 aromatic carbocycles. The van der Waals surface area contributed by atoms with Crippen molar-refractivity contribution < 1.29 is 210 Å². The van der Waals surface area contributed by atoms with Gasteiger partial charge in [0.1, 0.15) is 43.2 Å². The van der Waals surface area contributed by atoms with Crippen LogP contribution in [0.2, 0.25) is 0 Å². The number of aryl methyl sites for hydroxylation is 2. The van der Waals surface area contributed by atoms with Crippen LogP contribution in [0, 0.1) is 26.8 Å². The number of phenols is 2. The molecule has 0 amide bonds. The summed E-state index contributed by atoms with van der Waals surface area (Å²) in [5.41, 5.74) is -0.135. The van der Waals surface area contributed by atoms with Crippen molar-refractivity contribution >= 4 is 90.3 Å². The van der Waals surface area contributed by atoms with Gasteiger partial charge in [0.05, 0.1) is 21.2 Å². The van der Waals surface area contributed by atoms with E-state index in [-0.39, 0.29) is 185 Å². The Kier molecular flexibility index (Phi) is 30.5. The summed E-state index contributed by atoms with van der Waals surface area (Å²) >= 11 is 0. The predicted octanol–water partition coefficient (Wildman–Crippen LogP) is -9.06. The fourth-order valence-corrected chi connectivity index (χ4v) is 6.18.